The molecule has 3 aromatic rings. The molecule has 4 amide bonds. The number of amides is 4. The lowest BCUT2D eigenvalue weighted by molar-refractivity contribution is -0.123. The van der Waals surface area contributed by atoms with Gasteiger partial charge in [-0.05, 0) is 31.2 Å². The number of nitrogens with one attached hydrogen (secondary N) is 5. The van der Waals surface area contributed by atoms with Crippen molar-refractivity contribution >= 4 is 38.8 Å². The third-order valence-electron chi connectivity index (χ3n) is 5.20. The Hall–Kier alpha value is -3.90. The topological polar surface area (TPSA) is 158 Å². The summed E-state index contributed by atoms with van der Waals surface area (Å²) in [5.74, 6) is -1.11. The third-order valence-corrected chi connectivity index (χ3v) is 6.44. The van der Waals surface area contributed by atoms with E-state index in [9.17, 15) is 22.8 Å². The number of aromatic amines is 1. The highest BCUT2D eigenvalue weighted by Crippen LogP contribution is 2.34. The van der Waals surface area contributed by atoms with Crippen molar-refractivity contribution in [3.05, 3.63) is 59.8 Å². The van der Waals surface area contributed by atoms with Gasteiger partial charge in [0.2, 0.25) is 0 Å². The molecule has 11 nitrogen and oxygen atoms in total. The summed E-state index contributed by atoms with van der Waals surface area (Å²) < 4.78 is 30.9. The van der Waals surface area contributed by atoms with Gasteiger partial charge in [-0.2, -0.15) is 0 Å². The van der Waals surface area contributed by atoms with E-state index in [-0.39, 0.29) is 21.8 Å². The van der Waals surface area contributed by atoms with E-state index in [1.807, 2.05) is 4.83 Å². The van der Waals surface area contributed by atoms with Crippen molar-refractivity contribution in [3.8, 4) is 5.75 Å². The van der Waals surface area contributed by atoms with E-state index >= 15 is 0 Å². The van der Waals surface area contributed by atoms with E-state index in [1.54, 1.807) is 24.3 Å². The number of hydrogen-bond acceptors (Lipinski definition) is 6. The van der Waals surface area contributed by atoms with Crippen LogP contribution in [0.2, 0.25) is 0 Å². The fraction of sp³-hybridized carbons (Fsp3) is 0.150. The first kappa shape index (κ1) is 21.3. The van der Waals surface area contributed by atoms with Gasteiger partial charge < -0.3 is 15.0 Å². The van der Waals surface area contributed by atoms with E-state index in [2.05, 4.69) is 21.0 Å². The summed E-state index contributed by atoms with van der Waals surface area (Å²) in [6.45, 7) is 1.42. The van der Waals surface area contributed by atoms with Crippen LogP contribution in [0.1, 0.15) is 22.8 Å². The molecular formula is C20H19N5O6S. The maximum absolute atomic E-state index is 12.8. The summed E-state index contributed by atoms with van der Waals surface area (Å²) in [6, 6.07) is 10.2. The Kier molecular flexibility index (Phi) is 5.11. The SMILES string of the molecule is COc1ccc(S(=O)(=O)NNC(=O)c2c[nH]c3ccccc23)cc1[C@]1(C)NC(=O)NC1=O. The smallest absolute Gasteiger partial charge is 0.322 e. The second-order valence-corrected chi connectivity index (χ2v) is 8.89. The van der Waals surface area contributed by atoms with Crippen molar-refractivity contribution in [2.45, 2.75) is 17.4 Å². The lowest BCUT2D eigenvalue weighted by Gasteiger charge is -2.24. The average Bonchev–Trinajstić information content (AvgIpc) is 3.32. The van der Waals surface area contributed by atoms with E-state index < -0.39 is 33.4 Å². The number of benzene rings is 2. The Morgan fingerprint density at radius 2 is 1.88 bits per heavy atom. The summed E-state index contributed by atoms with van der Waals surface area (Å²) in [6.07, 6.45) is 1.47. The van der Waals surface area contributed by atoms with Crippen LogP contribution in [0.4, 0.5) is 4.79 Å². The highest BCUT2D eigenvalue weighted by atomic mass is 32.2. The normalized spacial score (nSPS) is 18.3. The van der Waals surface area contributed by atoms with Gasteiger partial charge in [-0.3, -0.25) is 20.3 Å². The molecule has 2 heterocycles. The lowest BCUT2D eigenvalue weighted by Crippen LogP contribution is -2.42. The van der Waals surface area contributed by atoms with Gasteiger partial charge in [0, 0.05) is 22.7 Å². The number of rotatable bonds is 6. The number of methoxy groups -OCH3 is 1. The number of ether oxygens (including phenoxy) is 1. The van der Waals surface area contributed by atoms with Crippen molar-refractivity contribution < 1.29 is 27.5 Å². The molecule has 12 heteroatoms. The van der Waals surface area contributed by atoms with Gasteiger partial charge in [-0.25, -0.2) is 13.2 Å². The molecule has 1 aliphatic heterocycles. The van der Waals surface area contributed by atoms with Gasteiger partial charge in [-0.1, -0.05) is 18.2 Å². The number of carbonyl (C=O) groups is 3. The summed E-state index contributed by atoms with van der Waals surface area (Å²) in [5.41, 5.74) is 1.76. The van der Waals surface area contributed by atoms with Crippen LogP contribution in [0.3, 0.4) is 0 Å². The zero-order chi connectivity index (χ0) is 23.1. The summed E-state index contributed by atoms with van der Waals surface area (Å²) in [5, 5.41) is 5.21. The van der Waals surface area contributed by atoms with Gasteiger partial charge in [0.05, 0.1) is 17.6 Å². The van der Waals surface area contributed by atoms with Crippen molar-refractivity contribution in [1.29, 1.82) is 0 Å². The molecule has 4 rings (SSSR count). The molecule has 166 valence electrons. The Bertz CT molecular complexity index is 1370. The first-order valence-corrected chi connectivity index (χ1v) is 10.8. The monoisotopic (exact) mass is 457 g/mol. The Morgan fingerprint density at radius 3 is 2.56 bits per heavy atom. The summed E-state index contributed by atoms with van der Waals surface area (Å²) in [7, 11) is -2.87. The van der Waals surface area contributed by atoms with E-state index in [0.717, 1.165) is 5.52 Å². The largest absolute Gasteiger partial charge is 0.496 e. The fourth-order valence-corrected chi connectivity index (χ4v) is 4.34. The molecule has 0 spiro atoms. The zero-order valence-corrected chi connectivity index (χ0v) is 17.8. The van der Waals surface area contributed by atoms with Crippen molar-refractivity contribution in [3.63, 3.8) is 0 Å². The molecule has 1 atom stereocenters. The molecule has 0 unspecified atom stereocenters. The van der Waals surface area contributed by atoms with Crippen molar-refractivity contribution in [1.82, 2.24) is 25.9 Å². The molecule has 32 heavy (non-hydrogen) atoms. The number of sulfonamides is 1. The standard InChI is InChI=1S/C20H19N5O6S/c1-20(18(27)22-19(28)23-20)14-9-11(7-8-16(14)31-2)32(29,30)25-24-17(26)13-10-21-15-6-4-3-5-12(13)15/h3-10,21,25H,1-2H3,(H,24,26)(H2,22,23,27,28)/t20-/m0/s1. The van der Waals surface area contributed by atoms with Crippen molar-refractivity contribution in [2.75, 3.05) is 7.11 Å². The zero-order valence-electron chi connectivity index (χ0n) is 17.0. The lowest BCUT2D eigenvalue weighted by atomic mass is 9.91. The summed E-state index contributed by atoms with van der Waals surface area (Å²) in [4.78, 5) is 41.2. The Balaban J connectivity index is 1.61. The highest BCUT2D eigenvalue weighted by molar-refractivity contribution is 7.89. The number of fused-ring (bicyclic) bond motifs is 1. The second kappa shape index (κ2) is 7.66. The second-order valence-electron chi connectivity index (χ2n) is 7.20. The highest BCUT2D eigenvalue weighted by Gasteiger charge is 2.45. The minimum Gasteiger partial charge on any atom is -0.496 e. The number of para-hydroxylation sites is 1. The number of hydrazine groups is 1. The van der Waals surface area contributed by atoms with Crippen LogP contribution in [0, 0.1) is 0 Å². The van der Waals surface area contributed by atoms with Crippen LogP contribution in [0.5, 0.6) is 5.75 Å². The molecule has 1 saturated heterocycles. The number of urea groups is 1. The van der Waals surface area contributed by atoms with E-state index in [1.165, 1.54) is 38.4 Å². The molecule has 1 fully saturated rings. The number of hydrogen-bond donors (Lipinski definition) is 5. The van der Waals surface area contributed by atoms with Crippen LogP contribution in [0.15, 0.2) is 53.6 Å². The number of carbonyl (C=O) groups excluding carboxylic acids is 3. The van der Waals surface area contributed by atoms with Gasteiger partial charge in [0.15, 0.2) is 0 Å². The van der Waals surface area contributed by atoms with Crippen LogP contribution < -0.4 is 25.6 Å². The number of imide groups is 1. The fourth-order valence-electron chi connectivity index (χ4n) is 3.48. The summed E-state index contributed by atoms with van der Waals surface area (Å²) >= 11 is 0. The molecular weight excluding hydrogens is 438 g/mol. The molecule has 0 bridgehead atoms. The minimum atomic E-state index is -4.23. The molecule has 0 saturated carbocycles. The van der Waals surface area contributed by atoms with Gasteiger partial charge in [0.1, 0.15) is 11.3 Å². The number of H-pyrrole nitrogens is 1. The van der Waals surface area contributed by atoms with Gasteiger partial charge >= 0.3 is 6.03 Å². The molecule has 5 N–H and O–H groups in total. The minimum absolute atomic E-state index is 0.134. The predicted molar refractivity (Wildman–Crippen MR) is 113 cm³/mol. The average molecular weight is 457 g/mol. The quantitative estimate of drug-likeness (QED) is 0.273. The first-order valence-electron chi connectivity index (χ1n) is 9.36. The van der Waals surface area contributed by atoms with Crippen LogP contribution in [-0.2, 0) is 20.4 Å². The van der Waals surface area contributed by atoms with Crippen molar-refractivity contribution in [2.24, 2.45) is 0 Å². The Morgan fingerprint density at radius 1 is 1.12 bits per heavy atom. The van der Waals surface area contributed by atoms with E-state index in [4.69, 9.17) is 4.74 Å². The predicted octanol–water partition coefficient (Wildman–Crippen LogP) is 0.854. The molecule has 0 radical (unpaired) electrons. The molecule has 1 aliphatic rings. The third kappa shape index (κ3) is 3.55. The first-order chi connectivity index (χ1) is 15.2. The maximum atomic E-state index is 12.8. The molecule has 1 aromatic heterocycles. The van der Waals surface area contributed by atoms with E-state index in [0.29, 0.717) is 5.39 Å². The maximum Gasteiger partial charge on any atom is 0.322 e. The molecule has 0 aliphatic carbocycles. The van der Waals surface area contributed by atoms with Gasteiger partial charge in [-0.15, -0.1) is 4.83 Å². The number of aromatic nitrogens is 1. The van der Waals surface area contributed by atoms with Crippen LogP contribution in [0.25, 0.3) is 10.9 Å². The van der Waals surface area contributed by atoms with Crippen LogP contribution in [-0.4, -0.2) is 38.4 Å². The molecule has 2 aromatic carbocycles. The Labute approximate surface area is 182 Å². The van der Waals surface area contributed by atoms with Gasteiger partial charge in [0.25, 0.3) is 21.8 Å². The van der Waals surface area contributed by atoms with Crippen LogP contribution >= 0.6 is 0 Å².